The van der Waals surface area contributed by atoms with Crippen molar-refractivity contribution >= 4 is 69.3 Å². The molecule has 118 valence electrons. The van der Waals surface area contributed by atoms with E-state index < -0.39 is 0 Å². The lowest BCUT2D eigenvalue weighted by Gasteiger charge is -2.09. The van der Waals surface area contributed by atoms with Gasteiger partial charge < -0.3 is 10.3 Å². The number of hydrogen-bond acceptors (Lipinski definition) is 5. The number of nitrogens with one attached hydrogen (secondary N) is 2. The van der Waals surface area contributed by atoms with Gasteiger partial charge in [-0.1, -0.05) is 46.6 Å². The van der Waals surface area contributed by atoms with E-state index in [0.717, 1.165) is 0 Å². The molecule has 2 N–H and O–H groups in total. The number of aromatic amines is 1. The van der Waals surface area contributed by atoms with Crippen LogP contribution in [0, 0.1) is 0 Å². The van der Waals surface area contributed by atoms with Crippen LogP contribution >= 0.6 is 46.6 Å². The van der Waals surface area contributed by atoms with E-state index in [2.05, 4.69) is 25.3 Å². The number of carbonyl (C=O) groups excluding carboxylic acids is 1. The SMILES string of the molecule is O=C(CSc1ncnc2nc[nH]c12)Nc1c(Cl)cc(Cl)cc1Cl. The second-order valence-electron chi connectivity index (χ2n) is 4.36. The average molecular weight is 389 g/mol. The fraction of sp³-hybridized carbons (Fsp3) is 0.0769. The van der Waals surface area contributed by atoms with Gasteiger partial charge in [-0.2, -0.15) is 0 Å². The Morgan fingerprint density at radius 2 is 1.91 bits per heavy atom. The predicted octanol–water partition coefficient (Wildman–Crippen LogP) is 4.04. The Labute approximate surface area is 150 Å². The van der Waals surface area contributed by atoms with Crippen LogP contribution < -0.4 is 5.32 Å². The summed E-state index contributed by atoms with van der Waals surface area (Å²) in [6.07, 6.45) is 2.92. The van der Waals surface area contributed by atoms with E-state index >= 15 is 0 Å². The smallest absolute Gasteiger partial charge is 0.234 e. The lowest BCUT2D eigenvalue weighted by molar-refractivity contribution is -0.113. The maximum atomic E-state index is 12.1. The molecule has 23 heavy (non-hydrogen) atoms. The molecule has 0 atom stereocenters. The normalized spacial score (nSPS) is 10.9. The first kappa shape index (κ1) is 16.3. The molecule has 3 rings (SSSR count). The first-order valence-electron chi connectivity index (χ1n) is 6.26. The molecule has 0 unspecified atom stereocenters. The van der Waals surface area contributed by atoms with E-state index in [1.165, 1.54) is 36.5 Å². The van der Waals surface area contributed by atoms with Crippen LogP contribution in [0.2, 0.25) is 15.1 Å². The summed E-state index contributed by atoms with van der Waals surface area (Å²) in [6.45, 7) is 0. The topological polar surface area (TPSA) is 83.6 Å². The van der Waals surface area contributed by atoms with Crippen molar-refractivity contribution in [2.75, 3.05) is 11.1 Å². The molecule has 1 aromatic carbocycles. The molecule has 0 bridgehead atoms. The molecule has 0 aliphatic heterocycles. The summed E-state index contributed by atoms with van der Waals surface area (Å²) in [6, 6.07) is 3.02. The summed E-state index contributed by atoms with van der Waals surface area (Å²) in [7, 11) is 0. The van der Waals surface area contributed by atoms with E-state index in [-0.39, 0.29) is 21.7 Å². The molecule has 0 aliphatic rings. The molecule has 0 fully saturated rings. The lowest BCUT2D eigenvalue weighted by Crippen LogP contribution is -2.15. The number of rotatable bonds is 4. The molecule has 0 radical (unpaired) electrons. The first-order chi connectivity index (χ1) is 11.0. The van der Waals surface area contributed by atoms with Gasteiger partial charge in [-0.25, -0.2) is 15.0 Å². The van der Waals surface area contributed by atoms with Gasteiger partial charge in [0.15, 0.2) is 5.65 Å². The minimum atomic E-state index is -0.271. The third kappa shape index (κ3) is 3.69. The molecule has 0 spiro atoms. The molecule has 10 heteroatoms. The predicted molar refractivity (Wildman–Crippen MR) is 92.5 cm³/mol. The van der Waals surface area contributed by atoms with Gasteiger partial charge >= 0.3 is 0 Å². The maximum Gasteiger partial charge on any atom is 0.234 e. The molecular formula is C13H8Cl3N5OS. The number of amides is 1. The van der Waals surface area contributed by atoms with Crippen LogP contribution in [0.25, 0.3) is 11.2 Å². The summed E-state index contributed by atoms with van der Waals surface area (Å²) < 4.78 is 0. The molecular weight excluding hydrogens is 381 g/mol. The molecule has 1 amide bonds. The highest BCUT2D eigenvalue weighted by Crippen LogP contribution is 2.34. The Morgan fingerprint density at radius 3 is 2.65 bits per heavy atom. The summed E-state index contributed by atoms with van der Waals surface area (Å²) in [4.78, 5) is 27.2. The Balaban J connectivity index is 1.70. The monoisotopic (exact) mass is 387 g/mol. The number of carbonyl (C=O) groups is 1. The van der Waals surface area contributed by atoms with E-state index in [9.17, 15) is 4.79 Å². The first-order valence-corrected chi connectivity index (χ1v) is 8.38. The average Bonchev–Trinajstić information content (AvgIpc) is 2.97. The van der Waals surface area contributed by atoms with Crippen LogP contribution in [0.1, 0.15) is 0 Å². The van der Waals surface area contributed by atoms with Gasteiger partial charge in [-0.05, 0) is 12.1 Å². The van der Waals surface area contributed by atoms with Crippen molar-refractivity contribution in [1.29, 1.82) is 0 Å². The van der Waals surface area contributed by atoms with Crippen molar-refractivity contribution < 1.29 is 4.79 Å². The molecule has 0 saturated heterocycles. The number of benzene rings is 1. The number of imidazole rings is 1. The number of thioether (sulfide) groups is 1. The van der Waals surface area contributed by atoms with Crippen molar-refractivity contribution in [2.24, 2.45) is 0 Å². The van der Waals surface area contributed by atoms with Crippen LogP contribution in [0.15, 0.2) is 29.8 Å². The summed E-state index contributed by atoms with van der Waals surface area (Å²) in [5.41, 5.74) is 1.57. The Kier molecular flexibility index (Phi) is 4.91. The molecule has 0 aliphatic carbocycles. The Hall–Kier alpha value is -1.54. The van der Waals surface area contributed by atoms with Gasteiger partial charge in [0.1, 0.15) is 16.9 Å². The zero-order valence-corrected chi connectivity index (χ0v) is 14.4. The second kappa shape index (κ2) is 6.92. The molecule has 2 heterocycles. The van der Waals surface area contributed by atoms with Gasteiger partial charge in [0, 0.05) is 5.02 Å². The number of H-pyrrole nitrogens is 1. The highest BCUT2D eigenvalue weighted by molar-refractivity contribution is 8.00. The fourth-order valence-corrected chi connectivity index (χ4v) is 3.49. The van der Waals surface area contributed by atoms with Gasteiger partial charge in [-0.3, -0.25) is 4.79 Å². The second-order valence-corrected chi connectivity index (χ2v) is 6.58. The lowest BCUT2D eigenvalue weighted by atomic mass is 10.3. The summed E-state index contributed by atoms with van der Waals surface area (Å²) in [5, 5.41) is 4.25. The summed E-state index contributed by atoms with van der Waals surface area (Å²) in [5.74, 6) is -0.146. The van der Waals surface area contributed by atoms with Crippen LogP contribution in [0.5, 0.6) is 0 Å². The number of fused-ring (bicyclic) bond motifs is 1. The van der Waals surface area contributed by atoms with Crippen LogP contribution in [-0.2, 0) is 4.79 Å². The summed E-state index contributed by atoms with van der Waals surface area (Å²) >= 11 is 19.2. The van der Waals surface area contributed by atoms with Crippen molar-refractivity contribution in [3.05, 3.63) is 39.9 Å². The highest BCUT2D eigenvalue weighted by atomic mass is 35.5. The van der Waals surface area contributed by atoms with E-state index in [1.807, 2.05) is 0 Å². The van der Waals surface area contributed by atoms with Gasteiger partial charge in [0.2, 0.25) is 5.91 Å². The van der Waals surface area contributed by atoms with Gasteiger partial charge in [0.25, 0.3) is 0 Å². The van der Waals surface area contributed by atoms with Crippen LogP contribution in [0.3, 0.4) is 0 Å². The molecule has 3 aromatic rings. The Morgan fingerprint density at radius 1 is 1.17 bits per heavy atom. The zero-order chi connectivity index (χ0) is 16.4. The highest BCUT2D eigenvalue weighted by Gasteiger charge is 2.13. The minimum Gasteiger partial charge on any atom is -0.341 e. The third-order valence-corrected chi connectivity index (χ3v) is 4.60. The number of anilines is 1. The quantitative estimate of drug-likeness (QED) is 0.520. The van der Waals surface area contributed by atoms with E-state index in [0.29, 0.717) is 26.9 Å². The third-order valence-electron chi connectivity index (χ3n) is 2.80. The van der Waals surface area contributed by atoms with E-state index in [4.69, 9.17) is 34.8 Å². The number of hydrogen-bond donors (Lipinski definition) is 2. The standard InChI is InChI=1S/C13H8Cl3N5OS/c14-6-1-7(15)10(8(16)2-6)21-9(22)3-23-13-11-12(18-4-17-11)19-5-20-13/h1-2,4-5H,3H2,(H,21,22)(H,17,18,19,20). The van der Waals surface area contributed by atoms with Gasteiger partial charge in [-0.15, -0.1) is 0 Å². The van der Waals surface area contributed by atoms with Crippen molar-refractivity contribution in [1.82, 2.24) is 19.9 Å². The molecule has 2 aromatic heterocycles. The zero-order valence-electron chi connectivity index (χ0n) is 11.3. The van der Waals surface area contributed by atoms with Crippen LogP contribution in [-0.4, -0.2) is 31.6 Å². The van der Waals surface area contributed by atoms with Crippen molar-refractivity contribution in [2.45, 2.75) is 5.03 Å². The van der Waals surface area contributed by atoms with Crippen molar-refractivity contribution in [3.63, 3.8) is 0 Å². The van der Waals surface area contributed by atoms with Crippen molar-refractivity contribution in [3.8, 4) is 0 Å². The minimum absolute atomic E-state index is 0.125. The van der Waals surface area contributed by atoms with E-state index in [1.54, 1.807) is 0 Å². The molecule has 0 saturated carbocycles. The number of halogens is 3. The largest absolute Gasteiger partial charge is 0.341 e. The van der Waals surface area contributed by atoms with Gasteiger partial charge in [0.05, 0.1) is 27.8 Å². The Bertz CT molecular complexity index is 862. The maximum absolute atomic E-state index is 12.1. The van der Waals surface area contributed by atoms with Crippen LogP contribution in [0.4, 0.5) is 5.69 Å². The number of aromatic nitrogens is 4. The molecule has 6 nitrogen and oxygen atoms in total. The number of nitrogens with zero attached hydrogens (tertiary/aromatic N) is 3. The fourth-order valence-electron chi connectivity index (χ4n) is 1.82.